The Hall–Kier alpha value is -3.58. The van der Waals surface area contributed by atoms with Crippen LogP contribution in [-0.2, 0) is 19.0 Å². The van der Waals surface area contributed by atoms with Gasteiger partial charge in [-0.15, -0.1) is 5.10 Å². The number of carbonyl (C=O) groups is 4. The Morgan fingerprint density at radius 1 is 0.826 bits per heavy atom. The zero-order chi connectivity index (χ0) is 34.9. The lowest BCUT2D eigenvalue weighted by Crippen LogP contribution is -2.53. The predicted octanol–water partition coefficient (Wildman–Crippen LogP) is 5.21. The monoisotopic (exact) mass is 651 g/mol. The van der Waals surface area contributed by atoms with Crippen molar-refractivity contribution in [3.8, 4) is 0 Å². The number of ether oxygens (including phenoxy) is 3. The quantitative estimate of drug-likeness (QED) is 0.242. The van der Waals surface area contributed by atoms with Crippen LogP contribution in [0.4, 0.5) is 14.4 Å². The largest absolute Gasteiger partial charge is 0.444 e. The summed E-state index contributed by atoms with van der Waals surface area (Å²) < 4.78 is 17.9. The van der Waals surface area contributed by atoms with Crippen LogP contribution in [-0.4, -0.2) is 98.5 Å². The van der Waals surface area contributed by atoms with Crippen LogP contribution in [0.1, 0.15) is 120 Å². The highest BCUT2D eigenvalue weighted by Gasteiger charge is 2.33. The van der Waals surface area contributed by atoms with Gasteiger partial charge < -0.3 is 34.6 Å². The van der Waals surface area contributed by atoms with Gasteiger partial charge in [0.05, 0.1) is 12.2 Å². The molecule has 1 unspecified atom stereocenters. The summed E-state index contributed by atoms with van der Waals surface area (Å²) in [5, 5.41) is 14.4. The van der Waals surface area contributed by atoms with Crippen molar-refractivity contribution in [1.82, 2.24) is 35.4 Å². The van der Waals surface area contributed by atoms with E-state index < -0.39 is 47.2 Å². The van der Waals surface area contributed by atoms with Gasteiger partial charge >= 0.3 is 18.3 Å². The summed E-state index contributed by atoms with van der Waals surface area (Å²) in [6.07, 6.45) is 2.71. The predicted molar refractivity (Wildman–Crippen MR) is 173 cm³/mol. The van der Waals surface area contributed by atoms with Crippen LogP contribution in [0.2, 0.25) is 0 Å². The molecule has 262 valence electrons. The maximum absolute atomic E-state index is 14.0. The number of hydrogen-bond donors (Lipinski definition) is 2. The summed E-state index contributed by atoms with van der Waals surface area (Å²) in [6, 6.07) is -1.14. The molecule has 0 bridgehead atoms. The molecule has 1 fully saturated rings. The molecule has 0 aromatic carbocycles. The van der Waals surface area contributed by atoms with E-state index >= 15 is 0 Å². The molecule has 14 heteroatoms. The van der Waals surface area contributed by atoms with E-state index in [1.54, 1.807) is 62.2 Å². The van der Waals surface area contributed by atoms with Crippen molar-refractivity contribution in [3.63, 3.8) is 0 Å². The van der Waals surface area contributed by atoms with Crippen LogP contribution in [0, 0.1) is 5.92 Å². The maximum atomic E-state index is 14.0. The Labute approximate surface area is 274 Å². The van der Waals surface area contributed by atoms with E-state index in [0.29, 0.717) is 57.7 Å². The average molecular weight is 652 g/mol. The maximum Gasteiger partial charge on any atom is 0.410 e. The summed E-state index contributed by atoms with van der Waals surface area (Å²) >= 11 is 0. The van der Waals surface area contributed by atoms with Gasteiger partial charge in [-0.3, -0.25) is 4.79 Å². The number of unbranched alkanes of at least 4 members (excludes halogenated alkanes) is 1. The number of piperazine rings is 1. The minimum atomic E-state index is -0.671. The fourth-order valence-electron chi connectivity index (χ4n) is 4.75. The molecule has 0 radical (unpaired) electrons. The van der Waals surface area contributed by atoms with Gasteiger partial charge in [0, 0.05) is 32.7 Å². The lowest BCUT2D eigenvalue weighted by Gasteiger charge is -2.37. The molecule has 14 nitrogen and oxygen atoms in total. The number of nitrogens with zero attached hydrogens (tertiary/aromatic N) is 5. The molecule has 0 aliphatic carbocycles. The molecule has 3 atom stereocenters. The Balaban J connectivity index is 2.20. The number of aromatic nitrogens is 3. The summed E-state index contributed by atoms with van der Waals surface area (Å²) in [5.74, 6) is -0.118. The standard InChI is InChI=1S/C32H57N7O7/c1-12-22(2)25(34-28(42)45-31(6,7)8)23-21-39(36-35-23)24(15-13-14-16-33-27(41)44-30(3,4)5)26(40)37-17-19-38(20-18-37)29(43)46-32(9,10)11/h21-22,24-25H,12-20H2,1-11H3,(H,33,41)(H,34,42)/t22?,24-,25-/m0/s1. The summed E-state index contributed by atoms with van der Waals surface area (Å²) in [6.45, 7) is 22.1. The molecule has 46 heavy (non-hydrogen) atoms. The molecule has 0 saturated carbocycles. The second-order valence-electron chi connectivity index (χ2n) is 14.9. The molecule has 0 spiro atoms. The van der Waals surface area contributed by atoms with E-state index in [1.165, 1.54) is 0 Å². The molecule has 1 aliphatic heterocycles. The molecular weight excluding hydrogens is 594 g/mol. The van der Waals surface area contributed by atoms with Crippen LogP contribution < -0.4 is 10.6 Å². The highest BCUT2D eigenvalue weighted by Crippen LogP contribution is 2.26. The summed E-state index contributed by atoms with van der Waals surface area (Å²) in [5.41, 5.74) is -1.33. The minimum absolute atomic E-state index is 0.0201. The zero-order valence-electron chi connectivity index (χ0n) is 29.8. The molecule has 1 aromatic heterocycles. The lowest BCUT2D eigenvalue weighted by molar-refractivity contribution is -0.137. The highest BCUT2D eigenvalue weighted by molar-refractivity contribution is 5.81. The van der Waals surface area contributed by atoms with Gasteiger partial charge in [-0.05, 0) is 87.5 Å². The molecule has 1 saturated heterocycles. The van der Waals surface area contributed by atoms with Crippen molar-refractivity contribution in [2.75, 3.05) is 32.7 Å². The molecule has 2 heterocycles. The Morgan fingerprint density at radius 3 is 1.91 bits per heavy atom. The van der Waals surface area contributed by atoms with Crippen LogP contribution in [0.5, 0.6) is 0 Å². The Kier molecular flexibility index (Phi) is 13.7. The van der Waals surface area contributed by atoms with E-state index in [4.69, 9.17) is 14.2 Å². The topological polar surface area (TPSA) is 157 Å². The SMILES string of the molecule is CCC(C)[C@H](NC(=O)OC(C)(C)C)c1cn([C@@H](CCCCNC(=O)OC(C)(C)C)C(=O)N2CCN(C(=O)OC(C)(C)C)CC2)nn1. The number of amides is 4. The van der Waals surface area contributed by atoms with Gasteiger partial charge in [0.2, 0.25) is 5.91 Å². The molecule has 2 N–H and O–H groups in total. The second-order valence-corrected chi connectivity index (χ2v) is 14.9. The lowest BCUT2D eigenvalue weighted by atomic mass is 9.97. The van der Waals surface area contributed by atoms with Crippen molar-refractivity contribution in [2.45, 2.75) is 131 Å². The molecular formula is C32H57N7O7. The summed E-state index contributed by atoms with van der Waals surface area (Å²) in [4.78, 5) is 54.6. The Morgan fingerprint density at radius 2 is 1.37 bits per heavy atom. The van der Waals surface area contributed by atoms with Gasteiger partial charge in [-0.2, -0.15) is 0 Å². The van der Waals surface area contributed by atoms with Crippen LogP contribution in [0.25, 0.3) is 0 Å². The third-order valence-corrected chi connectivity index (χ3v) is 7.15. The third kappa shape index (κ3) is 13.4. The van der Waals surface area contributed by atoms with E-state index in [9.17, 15) is 19.2 Å². The first-order chi connectivity index (χ1) is 21.2. The average Bonchev–Trinajstić information content (AvgIpc) is 3.39. The van der Waals surface area contributed by atoms with Crippen LogP contribution in [0.3, 0.4) is 0 Å². The van der Waals surface area contributed by atoms with E-state index in [-0.39, 0.29) is 11.8 Å². The molecule has 1 aromatic rings. The van der Waals surface area contributed by atoms with Crippen LogP contribution >= 0.6 is 0 Å². The van der Waals surface area contributed by atoms with Gasteiger partial charge in [0.15, 0.2) is 0 Å². The summed E-state index contributed by atoms with van der Waals surface area (Å²) in [7, 11) is 0. The fourth-order valence-corrected chi connectivity index (χ4v) is 4.75. The minimum Gasteiger partial charge on any atom is -0.444 e. The highest BCUT2D eigenvalue weighted by atomic mass is 16.6. The Bertz CT molecular complexity index is 1160. The first-order valence-corrected chi connectivity index (χ1v) is 16.3. The fraction of sp³-hybridized carbons (Fsp3) is 0.812. The van der Waals surface area contributed by atoms with Gasteiger partial charge in [0.1, 0.15) is 28.5 Å². The zero-order valence-corrected chi connectivity index (χ0v) is 29.8. The molecule has 1 aliphatic rings. The number of alkyl carbamates (subject to hydrolysis) is 2. The smallest absolute Gasteiger partial charge is 0.410 e. The van der Waals surface area contributed by atoms with Gasteiger partial charge in [-0.1, -0.05) is 25.5 Å². The number of hydrogen-bond acceptors (Lipinski definition) is 9. The normalized spacial score (nSPS) is 16.2. The van der Waals surface area contributed by atoms with Crippen LogP contribution in [0.15, 0.2) is 6.20 Å². The third-order valence-electron chi connectivity index (χ3n) is 7.15. The van der Waals surface area contributed by atoms with Gasteiger partial charge in [-0.25, -0.2) is 19.1 Å². The molecule has 4 amide bonds. The van der Waals surface area contributed by atoms with E-state index in [0.717, 1.165) is 6.42 Å². The van der Waals surface area contributed by atoms with Crippen molar-refractivity contribution in [2.24, 2.45) is 5.92 Å². The first kappa shape index (κ1) is 38.6. The number of carbonyl (C=O) groups excluding carboxylic acids is 4. The number of nitrogens with one attached hydrogen (secondary N) is 2. The van der Waals surface area contributed by atoms with Crippen molar-refractivity contribution in [3.05, 3.63) is 11.9 Å². The number of rotatable bonds is 11. The van der Waals surface area contributed by atoms with Gasteiger partial charge in [0.25, 0.3) is 0 Å². The van der Waals surface area contributed by atoms with E-state index in [2.05, 4.69) is 20.9 Å². The second kappa shape index (κ2) is 16.3. The van der Waals surface area contributed by atoms with Crippen molar-refractivity contribution in [1.29, 1.82) is 0 Å². The van der Waals surface area contributed by atoms with E-state index in [1.807, 2.05) is 34.6 Å². The van der Waals surface area contributed by atoms with Crippen molar-refractivity contribution < 1.29 is 33.4 Å². The first-order valence-electron chi connectivity index (χ1n) is 16.3. The molecule has 2 rings (SSSR count). The van der Waals surface area contributed by atoms with Crippen molar-refractivity contribution >= 4 is 24.2 Å².